The summed E-state index contributed by atoms with van der Waals surface area (Å²) in [6, 6.07) is -0.00162. The maximum absolute atomic E-state index is 11.4. The van der Waals surface area contributed by atoms with Gasteiger partial charge in [-0.15, -0.1) is 11.3 Å². The molecule has 0 bridgehead atoms. The van der Waals surface area contributed by atoms with Crippen molar-refractivity contribution in [2.45, 2.75) is 44.2 Å². The third-order valence-corrected chi connectivity index (χ3v) is 3.83. The van der Waals surface area contributed by atoms with Gasteiger partial charge >= 0.3 is 0 Å². The molecule has 1 fully saturated rings. The van der Waals surface area contributed by atoms with Gasteiger partial charge in [-0.25, -0.2) is 4.98 Å². The highest BCUT2D eigenvalue weighted by Gasteiger charge is 2.24. The molecule has 16 heavy (non-hydrogen) atoms. The number of hydrogen-bond acceptors (Lipinski definition) is 4. The number of thiazole rings is 1. The number of carbonyl (C=O) groups excluding carboxylic acids is 1. The van der Waals surface area contributed by atoms with Gasteiger partial charge in [0.2, 0.25) is 5.91 Å². The fourth-order valence-corrected chi connectivity index (χ4v) is 2.86. The molecule has 1 aromatic rings. The molecule has 0 saturated heterocycles. The van der Waals surface area contributed by atoms with E-state index in [1.165, 1.54) is 30.6 Å². The predicted molar refractivity (Wildman–Crippen MR) is 64.1 cm³/mol. The van der Waals surface area contributed by atoms with E-state index < -0.39 is 6.04 Å². The number of nitrogens with zero attached hydrogens (tertiary/aromatic N) is 1. The third-order valence-electron chi connectivity index (χ3n) is 2.99. The quantitative estimate of drug-likeness (QED) is 0.838. The van der Waals surface area contributed by atoms with Crippen LogP contribution in [0.25, 0.3) is 0 Å². The summed E-state index contributed by atoms with van der Waals surface area (Å²) in [6.45, 7) is 0. The van der Waals surface area contributed by atoms with Crippen molar-refractivity contribution in [3.63, 3.8) is 0 Å². The topological polar surface area (TPSA) is 68.0 Å². The highest BCUT2D eigenvalue weighted by molar-refractivity contribution is 7.09. The van der Waals surface area contributed by atoms with Crippen LogP contribution in [0.1, 0.15) is 43.2 Å². The Balaban J connectivity index is 2.00. The number of amides is 1. The molecule has 0 aromatic carbocycles. The summed E-state index contributed by atoms with van der Waals surface area (Å²) in [5.74, 6) is -0.333. The summed E-state index contributed by atoms with van der Waals surface area (Å²) in [7, 11) is 0. The Morgan fingerprint density at radius 2 is 2.25 bits per heavy atom. The second kappa shape index (κ2) is 5.41. The van der Waals surface area contributed by atoms with Gasteiger partial charge < -0.3 is 5.73 Å². The maximum Gasteiger partial charge on any atom is 0.241 e. The van der Waals surface area contributed by atoms with Crippen molar-refractivity contribution in [1.29, 1.82) is 0 Å². The molecule has 1 atom stereocenters. The summed E-state index contributed by atoms with van der Waals surface area (Å²) in [5.41, 5.74) is 5.41. The minimum atomic E-state index is -0.414. The molecule has 1 aromatic heterocycles. The molecule has 1 aliphatic rings. The van der Waals surface area contributed by atoms with E-state index in [9.17, 15) is 4.79 Å². The van der Waals surface area contributed by atoms with Gasteiger partial charge in [0, 0.05) is 17.6 Å². The summed E-state index contributed by atoms with van der Waals surface area (Å²) in [5, 5.41) is 5.98. The van der Waals surface area contributed by atoms with E-state index >= 15 is 0 Å². The number of hydrogen-bond donors (Lipinski definition) is 2. The van der Waals surface area contributed by atoms with Crippen molar-refractivity contribution >= 4 is 17.2 Å². The Hall–Kier alpha value is -0.940. The van der Waals surface area contributed by atoms with E-state index in [2.05, 4.69) is 10.3 Å². The zero-order valence-electron chi connectivity index (χ0n) is 9.19. The van der Waals surface area contributed by atoms with E-state index in [1.807, 2.05) is 5.38 Å². The second-order valence-electron chi connectivity index (χ2n) is 4.21. The van der Waals surface area contributed by atoms with Crippen LogP contribution in [0, 0.1) is 0 Å². The number of aromatic nitrogens is 1. The maximum atomic E-state index is 11.4. The molecule has 1 aliphatic carbocycles. The monoisotopic (exact) mass is 239 g/mol. The number of nitrogens with two attached hydrogens (primary N) is 1. The molecule has 5 heteroatoms. The van der Waals surface area contributed by atoms with Crippen molar-refractivity contribution < 1.29 is 4.79 Å². The van der Waals surface area contributed by atoms with Crippen molar-refractivity contribution in [3.8, 4) is 0 Å². The Morgan fingerprint density at radius 3 is 2.81 bits per heavy atom. The second-order valence-corrected chi connectivity index (χ2v) is 5.13. The highest BCUT2D eigenvalue weighted by Crippen LogP contribution is 2.22. The van der Waals surface area contributed by atoms with Crippen molar-refractivity contribution in [2.24, 2.45) is 5.73 Å². The summed E-state index contributed by atoms with van der Waals surface area (Å²) in [4.78, 5) is 15.6. The predicted octanol–water partition coefficient (Wildman–Crippen LogP) is 1.59. The first-order chi connectivity index (χ1) is 7.77. The Kier molecular flexibility index (Phi) is 3.90. The fourth-order valence-electron chi connectivity index (χ4n) is 2.16. The van der Waals surface area contributed by atoms with Crippen LogP contribution >= 0.6 is 11.3 Å². The van der Waals surface area contributed by atoms with Gasteiger partial charge in [-0.2, -0.15) is 0 Å². The van der Waals surface area contributed by atoms with Crippen LogP contribution in [0.3, 0.4) is 0 Å². The SMILES string of the molecule is NC(=O)C(NC1CCCCC1)c1nccs1. The van der Waals surface area contributed by atoms with E-state index in [-0.39, 0.29) is 5.91 Å². The molecule has 0 spiro atoms. The largest absolute Gasteiger partial charge is 0.368 e. The first-order valence-electron chi connectivity index (χ1n) is 5.72. The lowest BCUT2D eigenvalue weighted by atomic mass is 9.95. The van der Waals surface area contributed by atoms with Crippen LogP contribution in [0.2, 0.25) is 0 Å². The normalized spacial score (nSPS) is 19.5. The molecule has 1 saturated carbocycles. The minimum absolute atomic E-state index is 0.333. The first kappa shape index (κ1) is 11.5. The lowest BCUT2D eigenvalue weighted by molar-refractivity contribution is -0.120. The van der Waals surface area contributed by atoms with E-state index in [1.54, 1.807) is 6.20 Å². The Morgan fingerprint density at radius 1 is 1.50 bits per heavy atom. The smallest absolute Gasteiger partial charge is 0.241 e. The third kappa shape index (κ3) is 2.80. The summed E-state index contributed by atoms with van der Waals surface area (Å²) >= 11 is 1.47. The highest BCUT2D eigenvalue weighted by atomic mass is 32.1. The zero-order chi connectivity index (χ0) is 11.4. The van der Waals surface area contributed by atoms with Crippen LogP contribution in [0.4, 0.5) is 0 Å². The van der Waals surface area contributed by atoms with Crippen molar-refractivity contribution in [2.75, 3.05) is 0 Å². The lowest BCUT2D eigenvalue weighted by Gasteiger charge is -2.26. The molecular weight excluding hydrogens is 222 g/mol. The summed E-state index contributed by atoms with van der Waals surface area (Å²) < 4.78 is 0. The van der Waals surface area contributed by atoms with Gasteiger partial charge in [-0.05, 0) is 12.8 Å². The van der Waals surface area contributed by atoms with Gasteiger partial charge in [0.05, 0.1) is 0 Å². The molecule has 1 unspecified atom stereocenters. The Bertz CT molecular complexity index is 333. The number of nitrogens with one attached hydrogen (secondary N) is 1. The zero-order valence-corrected chi connectivity index (χ0v) is 10.0. The summed E-state index contributed by atoms with van der Waals surface area (Å²) in [6.07, 6.45) is 7.75. The van der Waals surface area contributed by atoms with Crippen molar-refractivity contribution in [3.05, 3.63) is 16.6 Å². The van der Waals surface area contributed by atoms with Gasteiger partial charge in [0.15, 0.2) is 0 Å². The molecule has 4 nitrogen and oxygen atoms in total. The fraction of sp³-hybridized carbons (Fsp3) is 0.636. The molecule has 3 N–H and O–H groups in total. The van der Waals surface area contributed by atoms with E-state index in [0.717, 1.165) is 17.8 Å². The molecular formula is C11H17N3OS. The van der Waals surface area contributed by atoms with E-state index in [0.29, 0.717) is 6.04 Å². The van der Waals surface area contributed by atoms with Gasteiger partial charge in [0.1, 0.15) is 11.0 Å². The lowest BCUT2D eigenvalue weighted by Crippen LogP contribution is -2.40. The molecule has 88 valence electrons. The number of carbonyl (C=O) groups is 1. The van der Waals surface area contributed by atoms with Crippen LogP contribution in [0.5, 0.6) is 0 Å². The van der Waals surface area contributed by atoms with Crippen LogP contribution in [-0.4, -0.2) is 16.9 Å². The Labute approximate surface area is 99.3 Å². The molecule has 1 heterocycles. The van der Waals surface area contributed by atoms with E-state index in [4.69, 9.17) is 5.73 Å². The van der Waals surface area contributed by atoms with Gasteiger partial charge in [-0.3, -0.25) is 10.1 Å². The minimum Gasteiger partial charge on any atom is -0.368 e. The van der Waals surface area contributed by atoms with Gasteiger partial charge in [-0.1, -0.05) is 19.3 Å². The molecule has 1 amide bonds. The number of primary amides is 1. The average Bonchev–Trinajstić information content (AvgIpc) is 2.80. The molecule has 0 aliphatic heterocycles. The average molecular weight is 239 g/mol. The van der Waals surface area contributed by atoms with Crippen molar-refractivity contribution in [1.82, 2.24) is 10.3 Å². The van der Waals surface area contributed by atoms with Crippen LogP contribution in [0.15, 0.2) is 11.6 Å². The molecule has 0 radical (unpaired) electrons. The van der Waals surface area contributed by atoms with Crippen LogP contribution < -0.4 is 11.1 Å². The first-order valence-corrected chi connectivity index (χ1v) is 6.60. The van der Waals surface area contributed by atoms with Gasteiger partial charge in [0.25, 0.3) is 0 Å². The molecule has 2 rings (SSSR count). The van der Waals surface area contributed by atoms with Crippen LogP contribution in [-0.2, 0) is 4.79 Å². The number of rotatable bonds is 4. The standard InChI is InChI=1S/C11H17N3OS/c12-10(15)9(11-13-6-7-16-11)14-8-4-2-1-3-5-8/h6-9,14H,1-5H2,(H2,12,15).